The first kappa shape index (κ1) is 13.6. The van der Waals surface area contributed by atoms with Crippen molar-refractivity contribution in [1.29, 1.82) is 0 Å². The number of hydrogen-bond acceptors (Lipinski definition) is 4. The molecule has 4 nitrogen and oxygen atoms in total. The number of aromatic carboxylic acids is 1. The van der Waals surface area contributed by atoms with Crippen molar-refractivity contribution >= 4 is 28.5 Å². The maximum absolute atomic E-state index is 11.5. The summed E-state index contributed by atoms with van der Waals surface area (Å²) in [5.41, 5.74) is 1.40. The van der Waals surface area contributed by atoms with E-state index >= 15 is 0 Å². The minimum atomic E-state index is -1.05. The second-order valence-corrected chi connectivity index (χ2v) is 5.22. The van der Waals surface area contributed by atoms with E-state index in [1.807, 2.05) is 48.7 Å². The Kier molecular flexibility index (Phi) is 3.58. The Hall–Kier alpha value is -2.40. The molecule has 1 aromatic heterocycles. The fraction of sp³-hybridized carbons (Fsp3) is 0.0625. The monoisotopic (exact) mass is 296 g/mol. The minimum Gasteiger partial charge on any atom is -0.476 e. The highest BCUT2D eigenvalue weighted by atomic mass is 32.2. The number of fused-ring (bicyclic) bond motifs is 1. The van der Waals surface area contributed by atoms with Crippen LogP contribution in [0.4, 0.5) is 0 Å². The zero-order valence-corrected chi connectivity index (χ0v) is 12.1. The van der Waals surface area contributed by atoms with Gasteiger partial charge in [-0.25, -0.2) is 14.8 Å². The largest absolute Gasteiger partial charge is 0.476 e. The fourth-order valence-electron chi connectivity index (χ4n) is 2.28. The van der Waals surface area contributed by atoms with Crippen LogP contribution in [0.5, 0.6) is 0 Å². The van der Waals surface area contributed by atoms with Gasteiger partial charge >= 0.3 is 5.97 Å². The summed E-state index contributed by atoms with van der Waals surface area (Å²) in [6, 6.07) is 13.7. The van der Waals surface area contributed by atoms with Gasteiger partial charge in [-0.05, 0) is 22.6 Å². The average Bonchev–Trinajstić information content (AvgIpc) is 2.53. The van der Waals surface area contributed by atoms with Gasteiger partial charge in [0.2, 0.25) is 0 Å². The first-order valence-corrected chi connectivity index (χ1v) is 7.55. The number of carboxylic acid groups (broad SMARTS) is 1. The van der Waals surface area contributed by atoms with Crippen molar-refractivity contribution < 1.29 is 9.90 Å². The smallest absolute Gasteiger partial charge is 0.355 e. The van der Waals surface area contributed by atoms with Crippen molar-refractivity contribution in [2.75, 3.05) is 6.26 Å². The highest BCUT2D eigenvalue weighted by Crippen LogP contribution is 2.30. The van der Waals surface area contributed by atoms with E-state index < -0.39 is 5.97 Å². The summed E-state index contributed by atoms with van der Waals surface area (Å²) in [4.78, 5) is 19.8. The number of rotatable bonds is 3. The predicted molar refractivity (Wildman–Crippen MR) is 83.7 cm³/mol. The summed E-state index contributed by atoms with van der Waals surface area (Å²) in [5, 5.41) is 11.9. The van der Waals surface area contributed by atoms with Gasteiger partial charge in [-0.3, -0.25) is 0 Å². The Morgan fingerprint density at radius 2 is 1.86 bits per heavy atom. The van der Waals surface area contributed by atoms with E-state index in [1.54, 1.807) is 6.20 Å². The van der Waals surface area contributed by atoms with Gasteiger partial charge in [-0.1, -0.05) is 54.2 Å². The molecule has 3 rings (SSSR count). The van der Waals surface area contributed by atoms with E-state index in [0.29, 0.717) is 10.7 Å². The highest BCUT2D eigenvalue weighted by Gasteiger charge is 2.17. The van der Waals surface area contributed by atoms with E-state index in [0.717, 1.165) is 16.3 Å². The Labute approximate surface area is 125 Å². The molecular formula is C16H12N2O2S. The molecule has 0 amide bonds. The first-order valence-electron chi connectivity index (χ1n) is 6.33. The van der Waals surface area contributed by atoms with Crippen molar-refractivity contribution in [2.45, 2.75) is 5.16 Å². The summed E-state index contributed by atoms with van der Waals surface area (Å²) in [6.45, 7) is 0. The molecule has 1 heterocycles. The Morgan fingerprint density at radius 1 is 1.10 bits per heavy atom. The molecule has 5 heteroatoms. The van der Waals surface area contributed by atoms with E-state index in [2.05, 4.69) is 9.97 Å². The molecule has 0 unspecified atom stereocenters. The predicted octanol–water partition coefficient (Wildman–Crippen LogP) is 3.72. The van der Waals surface area contributed by atoms with Crippen LogP contribution in [0.1, 0.15) is 10.5 Å². The van der Waals surface area contributed by atoms with E-state index in [1.165, 1.54) is 11.8 Å². The lowest BCUT2D eigenvalue weighted by atomic mass is 9.98. The molecular weight excluding hydrogens is 284 g/mol. The third kappa shape index (κ3) is 2.48. The molecule has 21 heavy (non-hydrogen) atoms. The van der Waals surface area contributed by atoms with Gasteiger partial charge in [0.05, 0.1) is 0 Å². The van der Waals surface area contributed by atoms with Crippen LogP contribution in [0.25, 0.3) is 21.9 Å². The molecule has 0 aliphatic heterocycles. The van der Waals surface area contributed by atoms with Gasteiger partial charge in [-0.2, -0.15) is 0 Å². The van der Waals surface area contributed by atoms with Crippen LogP contribution in [0, 0.1) is 0 Å². The van der Waals surface area contributed by atoms with Gasteiger partial charge in [0.15, 0.2) is 10.9 Å². The van der Waals surface area contributed by atoms with E-state index in [4.69, 9.17) is 0 Å². The van der Waals surface area contributed by atoms with Gasteiger partial charge in [0, 0.05) is 11.8 Å². The van der Waals surface area contributed by atoms with Crippen LogP contribution in [-0.2, 0) is 0 Å². The van der Waals surface area contributed by atoms with Gasteiger partial charge < -0.3 is 5.11 Å². The molecule has 3 aromatic rings. The van der Waals surface area contributed by atoms with Gasteiger partial charge in [0.25, 0.3) is 0 Å². The molecule has 104 valence electrons. The lowest BCUT2D eigenvalue weighted by Crippen LogP contribution is -2.05. The lowest BCUT2D eigenvalue weighted by Gasteiger charge is -2.09. The maximum Gasteiger partial charge on any atom is 0.355 e. The van der Waals surface area contributed by atoms with Crippen LogP contribution >= 0.6 is 11.8 Å². The van der Waals surface area contributed by atoms with Gasteiger partial charge in [0.1, 0.15) is 0 Å². The SMILES string of the molecule is CSc1ncc(-c2cccc3ccccc23)c(C(=O)O)n1. The number of carbonyl (C=O) groups is 1. The molecule has 2 aromatic carbocycles. The van der Waals surface area contributed by atoms with Crippen molar-refractivity contribution in [3.05, 3.63) is 54.4 Å². The summed E-state index contributed by atoms with van der Waals surface area (Å²) in [6.07, 6.45) is 3.41. The molecule has 0 saturated carbocycles. The zero-order chi connectivity index (χ0) is 14.8. The van der Waals surface area contributed by atoms with E-state index in [-0.39, 0.29) is 5.69 Å². The first-order chi connectivity index (χ1) is 10.2. The molecule has 0 spiro atoms. The third-order valence-corrected chi connectivity index (χ3v) is 3.79. The number of aromatic nitrogens is 2. The molecule has 0 aliphatic rings. The molecule has 0 aliphatic carbocycles. The standard InChI is InChI=1S/C16H12N2O2S/c1-21-16-17-9-13(14(18-16)15(19)20)12-8-4-6-10-5-2-3-7-11(10)12/h2-9H,1H3,(H,19,20). The zero-order valence-electron chi connectivity index (χ0n) is 11.3. The average molecular weight is 296 g/mol. The van der Waals surface area contributed by atoms with Crippen LogP contribution in [0.2, 0.25) is 0 Å². The quantitative estimate of drug-likeness (QED) is 0.589. The molecule has 1 N–H and O–H groups in total. The second-order valence-electron chi connectivity index (χ2n) is 4.45. The molecule has 0 radical (unpaired) electrons. The molecule has 0 bridgehead atoms. The number of thioether (sulfide) groups is 1. The van der Waals surface area contributed by atoms with Crippen molar-refractivity contribution in [2.24, 2.45) is 0 Å². The number of hydrogen-bond donors (Lipinski definition) is 1. The van der Waals surface area contributed by atoms with Crippen molar-refractivity contribution in [3.63, 3.8) is 0 Å². The second kappa shape index (κ2) is 5.54. The lowest BCUT2D eigenvalue weighted by molar-refractivity contribution is 0.0690. The topological polar surface area (TPSA) is 63.1 Å². The van der Waals surface area contributed by atoms with Crippen LogP contribution < -0.4 is 0 Å². The normalized spacial score (nSPS) is 10.7. The summed E-state index contributed by atoms with van der Waals surface area (Å²) >= 11 is 1.32. The summed E-state index contributed by atoms with van der Waals surface area (Å²) < 4.78 is 0. The molecule has 0 atom stereocenters. The number of nitrogens with zero attached hydrogens (tertiary/aromatic N) is 2. The van der Waals surface area contributed by atoms with Crippen LogP contribution in [0.3, 0.4) is 0 Å². The number of carboxylic acids is 1. The Morgan fingerprint density at radius 3 is 2.62 bits per heavy atom. The Bertz CT molecular complexity index is 828. The summed E-state index contributed by atoms with van der Waals surface area (Å²) in [5.74, 6) is -1.05. The fourth-order valence-corrected chi connectivity index (χ4v) is 2.63. The van der Waals surface area contributed by atoms with Gasteiger partial charge in [-0.15, -0.1) is 0 Å². The van der Waals surface area contributed by atoms with Crippen LogP contribution in [-0.4, -0.2) is 27.3 Å². The Balaban J connectivity index is 2.30. The molecule has 0 fully saturated rings. The van der Waals surface area contributed by atoms with E-state index in [9.17, 15) is 9.90 Å². The number of benzene rings is 2. The maximum atomic E-state index is 11.5. The van der Waals surface area contributed by atoms with Crippen molar-refractivity contribution in [3.8, 4) is 11.1 Å². The van der Waals surface area contributed by atoms with Crippen LogP contribution in [0.15, 0.2) is 53.8 Å². The van der Waals surface area contributed by atoms with Crippen molar-refractivity contribution in [1.82, 2.24) is 9.97 Å². The molecule has 0 saturated heterocycles. The summed E-state index contributed by atoms with van der Waals surface area (Å²) in [7, 11) is 0. The minimum absolute atomic E-state index is 0.0331. The third-order valence-electron chi connectivity index (χ3n) is 3.23. The highest BCUT2D eigenvalue weighted by molar-refractivity contribution is 7.98.